The van der Waals surface area contributed by atoms with Gasteiger partial charge in [-0.25, -0.2) is 4.98 Å². The van der Waals surface area contributed by atoms with Crippen LogP contribution < -0.4 is 26.0 Å². The molecule has 3 saturated heterocycles. The second-order valence-corrected chi connectivity index (χ2v) is 11.9. The Morgan fingerprint density at radius 3 is 2.57 bits per heavy atom. The van der Waals surface area contributed by atoms with Gasteiger partial charge in [0.05, 0.1) is 35.4 Å². The third kappa shape index (κ3) is 5.87. The molecule has 12 heteroatoms. The van der Waals surface area contributed by atoms with Crippen molar-refractivity contribution in [1.82, 2.24) is 19.9 Å². The van der Waals surface area contributed by atoms with Crippen molar-refractivity contribution < 1.29 is 9.47 Å². The molecule has 42 heavy (non-hydrogen) atoms. The first kappa shape index (κ1) is 28.6. The minimum Gasteiger partial charge on any atom is -0.378 e. The van der Waals surface area contributed by atoms with Crippen molar-refractivity contribution in [2.24, 2.45) is 5.73 Å². The number of anilines is 3. The minimum absolute atomic E-state index is 0.0180. The number of nitriles is 1. The van der Waals surface area contributed by atoms with Crippen LogP contribution in [0.15, 0.2) is 30.3 Å². The maximum atomic E-state index is 9.64. The number of hydrogen-bond acceptors (Lipinski definition) is 11. The van der Waals surface area contributed by atoms with Crippen molar-refractivity contribution in [3.8, 4) is 6.07 Å². The van der Waals surface area contributed by atoms with E-state index in [1.165, 1.54) is 0 Å². The van der Waals surface area contributed by atoms with Gasteiger partial charge >= 0.3 is 0 Å². The molecule has 3 aliphatic heterocycles. The fraction of sp³-hybridized carbons (Fsp3) is 0.533. The molecule has 3 fully saturated rings. The maximum Gasteiger partial charge on any atom is 0.227 e. The number of fused-ring (bicyclic) bond motifs is 1. The third-order valence-corrected chi connectivity index (χ3v) is 8.64. The topological polar surface area (TPSA) is 120 Å². The zero-order valence-corrected chi connectivity index (χ0v) is 25.0. The number of hydrogen-bond donors (Lipinski definition) is 1. The number of benzene rings is 1. The van der Waals surface area contributed by atoms with Crippen LogP contribution in [0.25, 0.3) is 10.9 Å². The fourth-order valence-electron chi connectivity index (χ4n) is 6.50. The van der Waals surface area contributed by atoms with E-state index in [0.717, 1.165) is 98.5 Å². The first-order chi connectivity index (χ1) is 20.3. The molecule has 5 heterocycles. The molecule has 0 amide bonds. The van der Waals surface area contributed by atoms with Gasteiger partial charge in [-0.1, -0.05) is 6.07 Å². The van der Waals surface area contributed by atoms with E-state index >= 15 is 0 Å². The Labute approximate surface area is 248 Å². The third-order valence-electron chi connectivity index (χ3n) is 8.64. The summed E-state index contributed by atoms with van der Waals surface area (Å²) in [6.07, 6.45) is 0.202. The number of morpholine rings is 1. The zero-order valence-electron chi connectivity index (χ0n) is 25.0. The van der Waals surface area contributed by atoms with Crippen molar-refractivity contribution in [3.05, 3.63) is 41.6 Å². The highest BCUT2D eigenvalue weighted by atomic mass is 16.5. The molecule has 11 nitrogen and oxygen atoms in total. The standard InChI is InChI=1S/C30H40BN9O2/c1-19-12-28(40-17-24(33)26(18-40)41-3)36-30(34-19)38-10-8-37(9-11-38)15-22-16-39(14-20(2)42-22)25-6-4-21(13-32)29-23(25)5-7-27(31)35-29/h4-7,12,20,22,24,26H,8-11,14-18,31,33H2,1-3H3/t20-,22+,24-,26-/m1/s1. The number of ether oxygens (including phenoxy) is 2. The van der Waals surface area contributed by atoms with Crippen LogP contribution in [0.3, 0.4) is 0 Å². The molecule has 220 valence electrons. The molecule has 0 radical (unpaired) electrons. The van der Waals surface area contributed by atoms with Crippen molar-refractivity contribution >= 4 is 41.8 Å². The van der Waals surface area contributed by atoms with E-state index in [1.807, 2.05) is 33.0 Å². The van der Waals surface area contributed by atoms with Crippen LogP contribution in [0.1, 0.15) is 18.2 Å². The first-order valence-corrected chi connectivity index (χ1v) is 14.9. The average molecular weight is 570 g/mol. The molecule has 2 N–H and O–H groups in total. The normalized spacial score (nSPS) is 25.3. The average Bonchev–Trinajstić information content (AvgIpc) is 3.37. The van der Waals surface area contributed by atoms with Crippen LogP contribution in [0.5, 0.6) is 0 Å². The molecule has 0 aliphatic carbocycles. The highest BCUT2D eigenvalue weighted by Crippen LogP contribution is 2.30. The predicted octanol–water partition coefficient (Wildman–Crippen LogP) is 0.0415. The van der Waals surface area contributed by atoms with Crippen molar-refractivity contribution in [3.63, 3.8) is 0 Å². The predicted molar refractivity (Wildman–Crippen MR) is 168 cm³/mol. The monoisotopic (exact) mass is 569 g/mol. The van der Waals surface area contributed by atoms with Crippen molar-refractivity contribution in [1.29, 1.82) is 5.26 Å². The number of aromatic nitrogens is 3. The summed E-state index contributed by atoms with van der Waals surface area (Å²) in [5, 5.41) is 10.7. The number of methoxy groups -OCH3 is 1. The summed E-state index contributed by atoms with van der Waals surface area (Å²) in [7, 11) is 3.68. The van der Waals surface area contributed by atoms with Crippen molar-refractivity contribution in [2.75, 3.05) is 80.7 Å². The summed E-state index contributed by atoms with van der Waals surface area (Å²) >= 11 is 0. The van der Waals surface area contributed by atoms with E-state index in [0.29, 0.717) is 5.56 Å². The molecular formula is C30H40BN9O2. The van der Waals surface area contributed by atoms with Crippen molar-refractivity contribution in [2.45, 2.75) is 38.2 Å². The van der Waals surface area contributed by atoms with E-state index in [2.05, 4.69) is 44.7 Å². The van der Waals surface area contributed by atoms with E-state index in [1.54, 1.807) is 7.11 Å². The van der Waals surface area contributed by atoms with Crippen LogP contribution in [0, 0.1) is 18.3 Å². The molecule has 0 spiro atoms. The molecule has 0 bridgehead atoms. The van der Waals surface area contributed by atoms with Gasteiger partial charge in [0.15, 0.2) is 7.85 Å². The number of nitrogens with zero attached hydrogens (tertiary/aromatic N) is 8. The summed E-state index contributed by atoms with van der Waals surface area (Å²) < 4.78 is 12.0. The molecule has 0 unspecified atom stereocenters. The molecule has 1 aromatic carbocycles. The number of nitrogens with two attached hydrogens (primary N) is 1. The molecular weight excluding hydrogens is 529 g/mol. The summed E-state index contributed by atoms with van der Waals surface area (Å²) in [6, 6.07) is 12.4. The largest absolute Gasteiger partial charge is 0.378 e. The first-order valence-electron chi connectivity index (χ1n) is 14.9. The van der Waals surface area contributed by atoms with Gasteiger partial charge in [-0.3, -0.25) is 9.88 Å². The van der Waals surface area contributed by atoms with Gasteiger partial charge < -0.3 is 29.9 Å². The summed E-state index contributed by atoms with van der Waals surface area (Å²) in [4.78, 5) is 23.8. The smallest absolute Gasteiger partial charge is 0.227 e. The van der Waals surface area contributed by atoms with Gasteiger partial charge in [-0.15, -0.1) is 0 Å². The highest BCUT2D eigenvalue weighted by Gasteiger charge is 2.32. The van der Waals surface area contributed by atoms with Crippen LogP contribution in [0.2, 0.25) is 0 Å². The Bertz CT molecular complexity index is 1480. The summed E-state index contributed by atoms with van der Waals surface area (Å²) in [5.41, 5.74) is 10.6. The SMILES string of the molecule is Bc1ccc2c(N3C[C@H](CN4CCN(c5nc(C)cc(N6C[C@@H](N)[C@H](OC)C6)n5)CC4)O[C@H](C)C3)ccc(C#N)c2n1. The lowest BCUT2D eigenvalue weighted by atomic mass is 10.00. The van der Waals surface area contributed by atoms with Crippen LogP contribution >= 0.6 is 0 Å². The van der Waals surface area contributed by atoms with Gasteiger partial charge in [0.2, 0.25) is 5.95 Å². The quantitative estimate of drug-likeness (QED) is 0.406. The lowest BCUT2D eigenvalue weighted by Gasteiger charge is -2.42. The maximum absolute atomic E-state index is 9.64. The van der Waals surface area contributed by atoms with Gasteiger partial charge in [0.1, 0.15) is 11.9 Å². The number of rotatable bonds is 6. The molecule has 4 atom stereocenters. The number of pyridine rings is 1. The van der Waals surface area contributed by atoms with Gasteiger partial charge in [-0.05, 0) is 37.6 Å². The van der Waals surface area contributed by atoms with E-state index in [-0.39, 0.29) is 24.4 Å². The summed E-state index contributed by atoms with van der Waals surface area (Å²) in [6.45, 7) is 11.7. The van der Waals surface area contributed by atoms with Crippen LogP contribution in [-0.4, -0.2) is 118 Å². The molecule has 0 saturated carbocycles. The molecule has 6 rings (SSSR count). The Morgan fingerprint density at radius 1 is 1.02 bits per heavy atom. The van der Waals surface area contributed by atoms with E-state index in [4.69, 9.17) is 30.2 Å². The Balaban J connectivity index is 1.10. The fourth-order valence-corrected chi connectivity index (χ4v) is 6.50. The van der Waals surface area contributed by atoms with E-state index in [9.17, 15) is 5.26 Å². The van der Waals surface area contributed by atoms with Gasteiger partial charge in [0, 0.05) is 88.8 Å². The van der Waals surface area contributed by atoms with Gasteiger partial charge in [-0.2, -0.15) is 10.2 Å². The Morgan fingerprint density at radius 2 is 1.83 bits per heavy atom. The highest BCUT2D eigenvalue weighted by molar-refractivity contribution is 6.31. The summed E-state index contributed by atoms with van der Waals surface area (Å²) in [5.74, 6) is 1.70. The lowest BCUT2D eigenvalue weighted by Crippen LogP contribution is -2.54. The Kier molecular flexibility index (Phi) is 8.18. The van der Waals surface area contributed by atoms with E-state index < -0.39 is 0 Å². The lowest BCUT2D eigenvalue weighted by molar-refractivity contribution is -0.0327. The molecule has 3 aliphatic rings. The number of aryl methyl sites for hydroxylation is 1. The minimum atomic E-state index is -0.0191. The molecule has 2 aromatic heterocycles. The van der Waals surface area contributed by atoms with Gasteiger partial charge in [0.25, 0.3) is 0 Å². The second-order valence-electron chi connectivity index (χ2n) is 11.9. The Hall–Kier alpha value is -3.50. The van der Waals surface area contributed by atoms with Crippen LogP contribution in [-0.2, 0) is 9.47 Å². The van der Waals surface area contributed by atoms with Crippen LogP contribution in [0.4, 0.5) is 17.5 Å². The number of piperazine rings is 1. The molecule has 3 aromatic rings. The second kappa shape index (κ2) is 12.0. The zero-order chi connectivity index (χ0) is 29.4.